The number of nitrogens with one attached hydrogen (secondary N) is 1. The number of amides is 1. The fourth-order valence-electron chi connectivity index (χ4n) is 1.23. The third-order valence-electron chi connectivity index (χ3n) is 2.66. The number of Topliss-reactive ketones (excluding diaryl/α,β-unsaturated/α-hetero) is 1. The van der Waals surface area contributed by atoms with E-state index in [1.54, 1.807) is 28.5 Å². The minimum atomic E-state index is -0.337. The van der Waals surface area contributed by atoms with E-state index in [1.807, 2.05) is 6.92 Å². The maximum atomic E-state index is 11.7. The molecule has 0 aromatic rings. The Labute approximate surface area is 119 Å². The van der Waals surface area contributed by atoms with E-state index in [1.165, 1.54) is 0 Å². The van der Waals surface area contributed by atoms with Gasteiger partial charge in [-0.15, -0.1) is 0 Å². The fraction of sp³-hybridized carbons (Fsp3) is 0.846. The van der Waals surface area contributed by atoms with Gasteiger partial charge in [0.05, 0.1) is 6.04 Å². The molecule has 0 spiro atoms. The Hall–Kier alpha value is -0.160. The molecule has 0 aromatic heterocycles. The lowest BCUT2D eigenvalue weighted by molar-refractivity contribution is -0.126. The zero-order chi connectivity index (χ0) is 14.0. The summed E-state index contributed by atoms with van der Waals surface area (Å²) in [6.45, 7) is 7.79. The first-order valence-corrected chi connectivity index (χ1v) is 9.04. The molecular formula is C13H25NO2S2. The molecule has 3 nitrogen and oxygen atoms in total. The molecule has 1 N–H and O–H groups in total. The monoisotopic (exact) mass is 291 g/mol. The van der Waals surface area contributed by atoms with Gasteiger partial charge in [-0.3, -0.25) is 9.59 Å². The molecule has 0 aliphatic heterocycles. The van der Waals surface area contributed by atoms with Crippen LogP contribution in [0.15, 0.2) is 0 Å². The van der Waals surface area contributed by atoms with Gasteiger partial charge in [-0.05, 0) is 19.3 Å². The highest BCUT2D eigenvalue weighted by atomic mass is 33.1. The Morgan fingerprint density at radius 3 is 2.39 bits per heavy atom. The van der Waals surface area contributed by atoms with Gasteiger partial charge in [0.2, 0.25) is 5.91 Å². The summed E-state index contributed by atoms with van der Waals surface area (Å²) < 4.78 is 0. The molecule has 0 aliphatic carbocycles. The van der Waals surface area contributed by atoms with Crippen LogP contribution in [0, 0.1) is 5.92 Å². The number of hydrogen-bond donors (Lipinski definition) is 1. The molecule has 0 aromatic carbocycles. The maximum Gasteiger partial charge on any atom is 0.220 e. The van der Waals surface area contributed by atoms with E-state index in [-0.39, 0.29) is 17.7 Å². The predicted octanol–water partition coefficient (Wildman–Crippen LogP) is 3.29. The molecule has 0 fully saturated rings. The highest BCUT2D eigenvalue weighted by Gasteiger charge is 2.18. The van der Waals surface area contributed by atoms with Crippen LogP contribution in [0.2, 0.25) is 0 Å². The van der Waals surface area contributed by atoms with Gasteiger partial charge in [0.15, 0.2) is 5.78 Å². The number of rotatable bonds is 10. The van der Waals surface area contributed by atoms with Gasteiger partial charge in [0.1, 0.15) is 0 Å². The van der Waals surface area contributed by atoms with Gasteiger partial charge < -0.3 is 5.32 Å². The van der Waals surface area contributed by atoms with E-state index in [9.17, 15) is 9.59 Å². The summed E-state index contributed by atoms with van der Waals surface area (Å²) in [5, 5.41) is 2.84. The molecule has 0 aliphatic rings. The van der Waals surface area contributed by atoms with Crippen molar-refractivity contribution in [2.24, 2.45) is 5.92 Å². The maximum absolute atomic E-state index is 11.7. The topological polar surface area (TPSA) is 46.2 Å². The molecular weight excluding hydrogens is 266 g/mol. The molecule has 106 valence electrons. The van der Waals surface area contributed by atoms with Crippen LogP contribution >= 0.6 is 21.6 Å². The molecule has 0 rings (SSSR count). The number of ketones is 1. The Morgan fingerprint density at radius 1 is 1.22 bits per heavy atom. The summed E-state index contributed by atoms with van der Waals surface area (Å²) in [5.41, 5.74) is 0. The van der Waals surface area contributed by atoms with Crippen LogP contribution in [0.1, 0.15) is 47.0 Å². The largest absolute Gasteiger partial charge is 0.345 e. The third kappa shape index (κ3) is 8.86. The zero-order valence-electron chi connectivity index (χ0n) is 11.8. The van der Waals surface area contributed by atoms with Crippen molar-refractivity contribution in [3.63, 3.8) is 0 Å². The van der Waals surface area contributed by atoms with Crippen molar-refractivity contribution in [3.8, 4) is 0 Å². The van der Waals surface area contributed by atoms with Crippen LogP contribution in [-0.2, 0) is 9.59 Å². The number of hydrogen-bond acceptors (Lipinski definition) is 4. The summed E-state index contributed by atoms with van der Waals surface area (Å²) in [7, 11) is 3.42. The molecule has 0 saturated carbocycles. The van der Waals surface area contributed by atoms with E-state index in [0.29, 0.717) is 18.1 Å². The van der Waals surface area contributed by atoms with Crippen LogP contribution in [-0.4, -0.2) is 29.2 Å². The van der Waals surface area contributed by atoms with Crippen LogP contribution in [0.3, 0.4) is 0 Å². The smallest absolute Gasteiger partial charge is 0.220 e. The van der Waals surface area contributed by atoms with Crippen molar-refractivity contribution in [2.75, 3.05) is 11.5 Å². The molecule has 18 heavy (non-hydrogen) atoms. The quantitative estimate of drug-likeness (QED) is 0.495. The third-order valence-corrected chi connectivity index (χ3v) is 5.28. The average molecular weight is 291 g/mol. The van der Waals surface area contributed by atoms with Crippen LogP contribution < -0.4 is 5.32 Å². The zero-order valence-corrected chi connectivity index (χ0v) is 13.5. The second-order valence-corrected chi connectivity index (χ2v) is 7.18. The number of carbonyl (C=O) groups excluding carboxylic acids is 2. The van der Waals surface area contributed by atoms with Crippen LogP contribution in [0.25, 0.3) is 0 Å². The SMILES string of the molecule is CCCSSC[C@H](NC(=O)C[C@@H](C)CC)C(C)=O. The summed E-state index contributed by atoms with van der Waals surface area (Å²) in [6.07, 6.45) is 2.62. The Balaban J connectivity index is 4.03. The van der Waals surface area contributed by atoms with Crippen molar-refractivity contribution in [2.45, 2.75) is 53.0 Å². The lowest BCUT2D eigenvalue weighted by atomic mass is 10.0. The first-order valence-electron chi connectivity index (χ1n) is 6.55. The van der Waals surface area contributed by atoms with E-state index in [4.69, 9.17) is 0 Å². The van der Waals surface area contributed by atoms with Gasteiger partial charge >= 0.3 is 0 Å². The summed E-state index contributed by atoms with van der Waals surface area (Å²) in [6, 6.07) is -0.337. The first-order chi connectivity index (χ1) is 8.51. The van der Waals surface area contributed by atoms with Gasteiger partial charge in [0, 0.05) is 17.9 Å². The average Bonchev–Trinajstić information content (AvgIpc) is 2.32. The molecule has 2 atom stereocenters. The number of carbonyl (C=O) groups is 2. The molecule has 0 radical (unpaired) electrons. The Bertz CT molecular complexity index is 259. The lowest BCUT2D eigenvalue weighted by Crippen LogP contribution is -2.41. The molecule has 0 heterocycles. The van der Waals surface area contributed by atoms with E-state index < -0.39 is 0 Å². The lowest BCUT2D eigenvalue weighted by Gasteiger charge is -2.16. The van der Waals surface area contributed by atoms with Crippen molar-refractivity contribution >= 4 is 33.3 Å². The standard InChI is InChI=1S/C13H25NO2S2/c1-5-7-17-18-9-12(11(4)15)14-13(16)8-10(3)6-2/h10,12H,5-9H2,1-4H3,(H,14,16)/t10-,12-/m0/s1. The van der Waals surface area contributed by atoms with Gasteiger partial charge in [-0.2, -0.15) is 0 Å². The second-order valence-electron chi connectivity index (χ2n) is 4.55. The minimum absolute atomic E-state index is 0.00867. The normalized spacial score (nSPS) is 14.0. The van der Waals surface area contributed by atoms with Crippen molar-refractivity contribution in [3.05, 3.63) is 0 Å². The van der Waals surface area contributed by atoms with Crippen LogP contribution in [0.4, 0.5) is 0 Å². The summed E-state index contributed by atoms with van der Waals surface area (Å²) in [5.74, 6) is 2.14. The van der Waals surface area contributed by atoms with Crippen LogP contribution in [0.5, 0.6) is 0 Å². The Kier molecular flexibility index (Phi) is 10.6. The van der Waals surface area contributed by atoms with Crippen molar-refractivity contribution in [1.82, 2.24) is 5.32 Å². The summed E-state index contributed by atoms with van der Waals surface area (Å²) in [4.78, 5) is 23.2. The van der Waals surface area contributed by atoms with E-state index >= 15 is 0 Å². The van der Waals surface area contributed by atoms with Gasteiger partial charge in [-0.25, -0.2) is 0 Å². The highest BCUT2D eigenvalue weighted by Crippen LogP contribution is 2.22. The van der Waals surface area contributed by atoms with Crippen molar-refractivity contribution in [1.29, 1.82) is 0 Å². The first kappa shape index (κ1) is 17.8. The molecule has 0 saturated heterocycles. The van der Waals surface area contributed by atoms with Crippen molar-refractivity contribution < 1.29 is 9.59 Å². The Morgan fingerprint density at radius 2 is 1.89 bits per heavy atom. The molecule has 1 amide bonds. The van der Waals surface area contributed by atoms with Gasteiger partial charge in [0.25, 0.3) is 0 Å². The van der Waals surface area contributed by atoms with Gasteiger partial charge in [-0.1, -0.05) is 48.8 Å². The predicted molar refractivity (Wildman–Crippen MR) is 81.9 cm³/mol. The van der Waals surface area contributed by atoms with E-state index in [2.05, 4.69) is 19.2 Å². The fourth-order valence-corrected chi connectivity index (χ4v) is 3.62. The molecule has 5 heteroatoms. The van der Waals surface area contributed by atoms with E-state index in [0.717, 1.165) is 18.6 Å². The second kappa shape index (κ2) is 10.7. The summed E-state index contributed by atoms with van der Waals surface area (Å²) >= 11 is 0. The molecule has 0 bridgehead atoms. The highest BCUT2D eigenvalue weighted by molar-refractivity contribution is 8.76. The minimum Gasteiger partial charge on any atom is -0.345 e. The molecule has 0 unspecified atom stereocenters.